The summed E-state index contributed by atoms with van der Waals surface area (Å²) in [6.45, 7) is 3.00. The van der Waals surface area contributed by atoms with Gasteiger partial charge < -0.3 is 5.32 Å². The topological polar surface area (TPSA) is 12.0 Å². The molecule has 0 amide bonds. The third kappa shape index (κ3) is 2.78. The van der Waals surface area contributed by atoms with Crippen LogP contribution in [0.25, 0.3) is 0 Å². The van der Waals surface area contributed by atoms with Gasteiger partial charge in [-0.3, -0.25) is 0 Å². The van der Waals surface area contributed by atoms with E-state index >= 15 is 0 Å². The Morgan fingerprint density at radius 3 is 2.87 bits per heavy atom. The number of hydrogen-bond donors (Lipinski definition) is 1. The van der Waals surface area contributed by atoms with E-state index < -0.39 is 0 Å². The maximum absolute atomic E-state index is 12.9. The lowest BCUT2D eigenvalue weighted by Crippen LogP contribution is -2.36. The monoisotopic (exact) mass is 207 g/mol. The second-order valence-electron chi connectivity index (χ2n) is 4.49. The number of rotatable bonds is 4. The fraction of sp³-hybridized carbons (Fsp3) is 0.538. The van der Waals surface area contributed by atoms with Crippen LogP contribution in [0.15, 0.2) is 24.3 Å². The first-order chi connectivity index (χ1) is 7.25. The second kappa shape index (κ2) is 4.75. The molecule has 1 aromatic carbocycles. The van der Waals surface area contributed by atoms with Gasteiger partial charge in [-0.1, -0.05) is 18.6 Å². The molecule has 1 nitrogen and oxygen atoms in total. The molecule has 82 valence electrons. The van der Waals surface area contributed by atoms with Crippen molar-refractivity contribution in [2.24, 2.45) is 5.92 Å². The van der Waals surface area contributed by atoms with Crippen molar-refractivity contribution >= 4 is 0 Å². The van der Waals surface area contributed by atoms with Gasteiger partial charge in [0, 0.05) is 12.6 Å². The summed E-state index contributed by atoms with van der Waals surface area (Å²) in [7, 11) is 0. The van der Waals surface area contributed by atoms with Crippen LogP contribution >= 0.6 is 0 Å². The van der Waals surface area contributed by atoms with E-state index in [0.717, 1.165) is 18.0 Å². The molecule has 1 aromatic rings. The van der Waals surface area contributed by atoms with E-state index in [0.29, 0.717) is 6.04 Å². The van der Waals surface area contributed by atoms with Crippen LogP contribution in [0.4, 0.5) is 4.39 Å². The molecular formula is C13H18FN. The summed E-state index contributed by atoms with van der Waals surface area (Å²) >= 11 is 0. The first-order valence-electron chi connectivity index (χ1n) is 5.73. The summed E-state index contributed by atoms with van der Waals surface area (Å²) in [5.41, 5.74) is 1.03. The number of halogens is 1. The van der Waals surface area contributed by atoms with Crippen molar-refractivity contribution < 1.29 is 4.39 Å². The maximum atomic E-state index is 12.9. The highest BCUT2D eigenvalue weighted by atomic mass is 19.1. The summed E-state index contributed by atoms with van der Waals surface area (Å²) in [6.07, 6.45) is 4.06. The first kappa shape index (κ1) is 10.6. The van der Waals surface area contributed by atoms with Crippen molar-refractivity contribution in [3.05, 3.63) is 35.6 Å². The quantitative estimate of drug-likeness (QED) is 0.800. The first-order valence-corrected chi connectivity index (χ1v) is 5.73. The predicted octanol–water partition coefficient (Wildman–Crippen LogP) is 3.10. The molecular weight excluding hydrogens is 189 g/mol. The van der Waals surface area contributed by atoms with E-state index in [1.54, 1.807) is 12.1 Å². The van der Waals surface area contributed by atoms with E-state index in [4.69, 9.17) is 0 Å². The van der Waals surface area contributed by atoms with Crippen LogP contribution in [-0.2, 0) is 6.54 Å². The third-order valence-electron chi connectivity index (χ3n) is 3.37. The van der Waals surface area contributed by atoms with Crippen molar-refractivity contribution in [1.29, 1.82) is 0 Å². The summed E-state index contributed by atoms with van der Waals surface area (Å²) in [4.78, 5) is 0. The highest BCUT2D eigenvalue weighted by Crippen LogP contribution is 2.29. The van der Waals surface area contributed by atoms with Crippen LogP contribution in [0.2, 0.25) is 0 Å². The van der Waals surface area contributed by atoms with Crippen LogP contribution in [0.3, 0.4) is 0 Å². The van der Waals surface area contributed by atoms with Crippen molar-refractivity contribution in [2.45, 2.75) is 38.8 Å². The van der Waals surface area contributed by atoms with Gasteiger partial charge in [0.2, 0.25) is 0 Å². The van der Waals surface area contributed by atoms with Crippen molar-refractivity contribution in [1.82, 2.24) is 5.32 Å². The highest BCUT2D eigenvalue weighted by molar-refractivity contribution is 5.16. The molecule has 1 unspecified atom stereocenters. The predicted molar refractivity (Wildman–Crippen MR) is 60.0 cm³/mol. The van der Waals surface area contributed by atoms with Gasteiger partial charge in [-0.25, -0.2) is 4.39 Å². The molecule has 0 spiro atoms. The van der Waals surface area contributed by atoms with Crippen LogP contribution in [0.5, 0.6) is 0 Å². The third-order valence-corrected chi connectivity index (χ3v) is 3.37. The summed E-state index contributed by atoms with van der Waals surface area (Å²) in [5, 5.41) is 3.46. The van der Waals surface area contributed by atoms with Gasteiger partial charge in [-0.15, -0.1) is 0 Å². The van der Waals surface area contributed by atoms with Gasteiger partial charge in [0.25, 0.3) is 0 Å². The van der Waals surface area contributed by atoms with E-state index in [1.807, 2.05) is 6.07 Å². The molecule has 0 radical (unpaired) electrons. The number of hydrogen-bond acceptors (Lipinski definition) is 1. The number of nitrogens with one attached hydrogen (secondary N) is 1. The zero-order chi connectivity index (χ0) is 10.7. The molecule has 1 aliphatic carbocycles. The zero-order valence-electron chi connectivity index (χ0n) is 9.17. The van der Waals surface area contributed by atoms with Crippen molar-refractivity contribution in [3.8, 4) is 0 Å². The fourth-order valence-corrected chi connectivity index (χ4v) is 2.03. The van der Waals surface area contributed by atoms with Gasteiger partial charge >= 0.3 is 0 Å². The Bertz CT molecular complexity index is 320. The smallest absolute Gasteiger partial charge is 0.123 e. The van der Waals surface area contributed by atoms with Gasteiger partial charge in [-0.05, 0) is 43.4 Å². The summed E-state index contributed by atoms with van der Waals surface area (Å²) < 4.78 is 12.9. The molecule has 0 saturated heterocycles. The molecule has 0 bridgehead atoms. The minimum Gasteiger partial charge on any atom is -0.310 e. The Kier molecular flexibility index (Phi) is 3.37. The lowest BCUT2D eigenvalue weighted by atomic mass is 9.80. The minimum absolute atomic E-state index is 0.148. The van der Waals surface area contributed by atoms with E-state index in [9.17, 15) is 4.39 Å². The van der Waals surface area contributed by atoms with Crippen molar-refractivity contribution in [2.75, 3.05) is 0 Å². The van der Waals surface area contributed by atoms with Crippen LogP contribution in [0.1, 0.15) is 31.7 Å². The summed E-state index contributed by atoms with van der Waals surface area (Å²) in [6, 6.07) is 7.37. The highest BCUT2D eigenvalue weighted by Gasteiger charge is 2.23. The van der Waals surface area contributed by atoms with Crippen LogP contribution < -0.4 is 5.32 Å². The largest absolute Gasteiger partial charge is 0.310 e. The average molecular weight is 207 g/mol. The lowest BCUT2D eigenvalue weighted by molar-refractivity contribution is 0.240. The lowest BCUT2D eigenvalue weighted by Gasteiger charge is -2.32. The Morgan fingerprint density at radius 1 is 1.47 bits per heavy atom. The second-order valence-corrected chi connectivity index (χ2v) is 4.49. The van der Waals surface area contributed by atoms with Gasteiger partial charge in [0.1, 0.15) is 5.82 Å². The van der Waals surface area contributed by atoms with Crippen LogP contribution in [0, 0.1) is 11.7 Å². The van der Waals surface area contributed by atoms with E-state index in [2.05, 4.69) is 12.2 Å². The standard InChI is InChI=1S/C13H18FN/c1-10(12-5-3-6-12)15-9-11-4-2-7-13(14)8-11/h2,4,7-8,10,12,15H,3,5-6,9H2,1H3. The van der Waals surface area contributed by atoms with Gasteiger partial charge in [-0.2, -0.15) is 0 Å². The molecule has 1 N–H and O–H groups in total. The molecule has 0 heterocycles. The Hall–Kier alpha value is -0.890. The average Bonchev–Trinajstić information content (AvgIpc) is 2.12. The molecule has 2 rings (SSSR count). The molecule has 0 aromatic heterocycles. The molecule has 2 heteroatoms. The summed E-state index contributed by atoms with van der Waals surface area (Å²) in [5.74, 6) is 0.684. The zero-order valence-corrected chi connectivity index (χ0v) is 9.17. The van der Waals surface area contributed by atoms with Gasteiger partial charge in [0.05, 0.1) is 0 Å². The molecule has 1 fully saturated rings. The molecule has 1 atom stereocenters. The molecule has 15 heavy (non-hydrogen) atoms. The van der Waals surface area contributed by atoms with Crippen molar-refractivity contribution in [3.63, 3.8) is 0 Å². The fourth-order valence-electron chi connectivity index (χ4n) is 2.03. The van der Waals surface area contributed by atoms with Crippen LogP contribution in [-0.4, -0.2) is 6.04 Å². The molecule has 1 aliphatic rings. The maximum Gasteiger partial charge on any atom is 0.123 e. The van der Waals surface area contributed by atoms with E-state index in [1.165, 1.54) is 25.3 Å². The Balaban J connectivity index is 1.81. The SMILES string of the molecule is CC(NCc1cccc(F)c1)C1CCC1. The normalized spacial score (nSPS) is 18.5. The Morgan fingerprint density at radius 2 is 2.27 bits per heavy atom. The molecule has 0 aliphatic heterocycles. The molecule has 1 saturated carbocycles. The minimum atomic E-state index is -0.148. The number of benzene rings is 1. The van der Waals surface area contributed by atoms with Gasteiger partial charge in [0.15, 0.2) is 0 Å². The Labute approximate surface area is 90.7 Å². The van der Waals surface area contributed by atoms with E-state index in [-0.39, 0.29) is 5.82 Å².